The lowest BCUT2D eigenvalue weighted by Crippen LogP contribution is -2.29. The number of H-pyrrole nitrogens is 1. The molecule has 0 saturated carbocycles. The van der Waals surface area contributed by atoms with Gasteiger partial charge in [0.2, 0.25) is 0 Å². The van der Waals surface area contributed by atoms with Gasteiger partial charge in [-0.3, -0.25) is 9.59 Å². The van der Waals surface area contributed by atoms with Gasteiger partial charge in [0.05, 0.1) is 12.1 Å². The van der Waals surface area contributed by atoms with Crippen LogP contribution in [0, 0.1) is 13.8 Å². The molecule has 23 heavy (non-hydrogen) atoms. The number of aryl methyl sites for hydroxylation is 2. The Morgan fingerprint density at radius 2 is 2.09 bits per heavy atom. The van der Waals surface area contributed by atoms with Crippen LogP contribution in [-0.4, -0.2) is 37.8 Å². The zero-order valence-electron chi connectivity index (χ0n) is 13.0. The lowest BCUT2D eigenvalue weighted by atomic mass is 10.3. The van der Waals surface area contributed by atoms with Crippen LogP contribution in [0.5, 0.6) is 0 Å². The van der Waals surface area contributed by atoms with Crippen LogP contribution in [0.15, 0.2) is 22.3 Å². The average Bonchev–Trinajstić information content (AvgIpc) is 2.94. The number of nitrogens with zero attached hydrogens (tertiary/aromatic N) is 4. The monoisotopic (exact) mass is 329 g/mol. The molecule has 0 aliphatic carbocycles. The van der Waals surface area contributed by atoms with E-state index in [0.29, 0.717) is 27.6 Å². The lowest BCUT2D eigenvalue weighted by molar-refractivity contribution is 0.0775. The highest BCUT2D eigenvalue weighted by Crippen LogP contribution is 2.14. The largest absolute Gasteiger partial charge is 0.333 e. The first kappa shape index (κ1) is 15.3. The SMILES string of the molecule is Cc1cc(C(=O)N(C)Cc2nc3ccsc3c(=O)[nH]2)nc(C)n1. The van der Waals surface area contributed by atoms with Gasteiger partial charge in [0.15, 0.2) is 0 Å². The number of hydrogen-bond acceptors (Lipinski definition) is 6. The maximum absolute atomic E-state index is 12.5. The number of aromatic amines is 1. The molecular formula is C15H15N5O2S. The van der Waals surface area contributed by atoms with Gasteiger partial charge in [0.25, 0.3) is 11.5 Å². The van der Waals surface area contributed by atoms with Crippen molar-refractivity contribution >= 4 is 27.5 Å². The number of carbonyl (C=O) groups is 1. The van der Waals surface area contributed by atoms with Crippen LogP contribution in [0.3, 0.4) is 0 Å². The minimum atomic E-state index is -0.244. The Hall–Kier alpha value is -2.61. The summed E-state index contributed by atoms with van der Waals surface area (Å²) in [6, 6.07) is 3.43. The normalized spacial score (nSPS) is 10.9. The molecule has 7 nitrogen and oxygen atoms in total. The fourth-order valence-corrected chi connectivity index (χ4v) is 3.04. The molecule has 0 aliphatic rings. The number of fused-ring (bicyclic) bond motifs is 1. The third-order valence-electron chi connectivity index (χ3n) is 3.28. The van der Waals surface area contributed by atoms with Crippen LogP contribution in [-0.2, 0) is 6.54 Å². The molecular weight excluding hydrogens is 314 g/mol. The average molecular weight is 329 g/mol. The molecule has 1 N–H and O–H groups in total. The quantitative estimate of drug-likeness (QED) is 0.789. The molecule has 3 rings (SSSR count). The van der Waals surface area contributed by atoms with Crippen LogP contribution in [0.4, 0.5) is 0 Å². The van der Waals surface area contributed by atoms with E-state index in [4.69, 9.17) is 0 Å². The minimum absolute atomic E-state index is 0.186. The van der Waals surface area contributed by atoms with Gasteiger partial charge < -0.3 is 9.88 Å². The van der Waals surface area contributed by atoms with Crippen molar-refractivity contribution in [2.75, 3.05) is 7.05 Å². The summed E-state index contributed by atoms with van der Waals surface area (Å²) in [6.45, 7) is 3.75. The number of carbonyl (C=O) groups excluding carboxylic acids is 1. The highest BCUT2D eigenvalue weighted by atomic mass is 32.1. The smallest absolute Gasteiger partial charge is 0.272 e. The number of hydrogen-bond donors (Lipinski definition) is 1. The number of nitrogens with one attached hydrogen (secondary N) is 1. The first-order valence-electron chi connectivity index (χ1n) is 6.98. The Morgan fingerprint density at radius 3 is 2.83 bits per heavy atom. The van der Waals surface area contributed by atoms with Gasteiger partial charge >= 0.3 is 0 Å². The van der Waals surface area contributed by atoms with Crippen molar-refractivity contribution in [3.8, 4) is 0 Å². The summed E-state index contributed by atoms with van der Waals surface area (Å²) in [5, 5.41) is 1.82. The Labute approximate surface area is 136 Å². The second-order valence-corrected chi connectivity index (χ2v) is 6.17. The van der Waals surface area contributed by atoms with E-state index in [-0.39, 0.29) is 18.0 Å². The molecule has 0 atom stereocenters. The third kappa shape index (κ3) is 3.11. The highest BCUT2D eigenvalue weighted by molar-refractivity contribution is 7.17. The molecule has 0 aliphatic heterocycles. The van der Waals surface area contributed by atoms with E-state index >= 15 is 0 Å². The van der Waals surface area contributed by atoms with Crippen molar-refractivity contribution in [3.05, 3.63) is 50.9 Å². The van der Waals surface area contributed by atoms with Gasteiger partial charge in [-0.25, -0.2) is 15.0 Å². The van der Waals surface area contributed by atoms with Crippen molar-refractivity contribution in [2.45, 2.75) is 20.4 Å². The summed E-state index contributed by atoms with van der Waals surface area (Å²) >= 11 is 1.34. The van der Waals surface area contributed by atoms with E-state index in [0.717, 1.165) is 5.69 Å². The zero-order valence-corrected chi connectivity index (χ0v) is 13.8. The first-order valence-corrected chi connectivity index (χ1v) is 7.86. The van der Waals surface area contributed by atoms with Crippen molar-refractivity contribution in [1.29, 1.82) is 0 Å². The summed E-state index contributed by atoms with van der Waals surface area (Å²) < 4.78 is 0.588. The molecule has 0 spiro atoms. The molecule has 3 aromatic rings. The Balaban J connectivity index is 1.86. The molecule has 0 unspecified atom stereocenters. The predicted molar refractivity (Wildman–Crippen MR) is 87.5 cm³/mol. The second kappa shape index (κ2) is 5.88. The number of rotatable bonds is 3. The van der Waals surface area contributed by atoms with Crippen LogP contribution in [0.25, 0.3) is 10.2 Å². The molecule has 1 amide bonds. The van der Waals surface area contributed by atoms with E-state index in [1.54, 1.807) is 26.1 Å². The highest BCUT2D eigenvalue weighted by Gasteiger charge is 2.16. The maximum Gasteiger partial charge on any atom is 0.272 e. The minimum Gasteiger partial charge on any atom is -0.333 e. The number of aromatic nitrogens is 4. The molecule has 0 bridgehead atoms. The molecule has 0 saturated heterocycles. The standard InChI is InChI=1S/C15H15N5O2S/c1-8-6-11(17-9(2)16-8)15(22)20(3)7-12-18-10-4-5-23-13(10)14(21)19-12/h4-6H,7H2,1-3H3,(H,18,19,21). The molecule has 3 aromatic heterocycles. The fraction of sp³-hybridized carbons (Fsp3) is 0.267. The molecule has 0 aromatic carbocycles. The summed E-state index contributed by atoms with van der Waals surface area (Å²) in [6.07, 6.45) is 0. The maximum atomic E-state index is 12.5. The van der Waals surface area contributed by atoms with Crippen LogP contribution in [0.1, 0.15) is 27.8 Å². The second-order valence-electron chi connectivity index (χ2n) is 5.25. The van der Waals surface area contributed by atoms with Crippen molar-refractivity contribution in [1.82, 2.24) is 24.8 Å². The van der Waals surface area contributed by atoms with E-state index in [1.807, 2.05) is 12.3 Å². The summed E-state index contributed by atoms with van der Waals surface area (Å²) in [5.74, 6) is 0.749. The molecule has 3 heterocycles. The first-order chi connectivity index (χ1) is 10.9. The van der Waals surface area contributed by atoms with E-state index in [2.05, 4.69) is 19.9 Å². The lowest BCUT2D eigenvalue weighted by Gasteiger charge is -2.16. The topological polar surface area (TPSA) is 91.8 Å². The summed E-state index contributed by atoms with van der Waals surface area (Å²) in [5.41, 5.74) is 1.52. The Morgan fingerprint density at radius 1 is 1.30 bits per heavy atom. The number of thiophene rings is 1. The molecule has 8 heteroatoms. The summed E-state index contributed by atoms with van der Waals surface area (Å²) in [4.78, 5) is 41.3. The molecule has 0 fully saturated rings. The van der Waals surface area contributed by atoms with Gasteiger partial charge in [0.1, 0.15) is 22.0 Å². The zero-order chi connectivity index (χ0) is 16.6. The van der Waals surface area contributed by atoms with Gasteiger partial charge in [-0.15, -0.1) is 11.3 Å². The Bertz CT molecular complexity index is 926. The van der Waals surface area contributed by atoms with Crippen molar-refractivity contribution < 1.29 is 4.79 Å². The third-order valence-corrected chi connectivity index (χ3v) is 4.19. The molecule has 118 valence electrons. The van der Waals surface area contributed by atoms with E-state index in [1.165, 1.54) is 16.2 Å². The molecule has 0 radical (unpaired) electrons. The van der Waals surface area contributed by atoms with E-state index in [9.17, 15) is 9.59 Å². The predicted octanol–water partition coefficient (Wildman–Crippen LogP) is 1.66. The van der Waals surface area contributed by atoms with Gasteiger partial charge in [0, 0.05) is 12.7 Å². The van der Waals surface area contributed by atoms with Crippen LogP contribution in [0.2, 0.25) is 0 Å². The Kier molecular flexibility index (Phi) is 3.91. The van der Waals surface area contributed by atoms with Crippen LogP contribution >= 0.6 is 11.3 Å². The van der Waals surface area contributed by atoms with Gasteiger partial charge in [-0.2, -0.15) is 0 Å². The summed E-state index contributed by atoms with van der Waals surface area (Å²) in [7, 11) is 1.65. The van der Waals surface area contributed by atoms with Gasteiger partial charge in [-0.1, -0.05) is 0 Å². The fourth-order valence-electron chi connectivity index (χ4n) is 2.32. The van der Waals surface area contributed by atoms with Gasteiger partial charge in [-0.05, 0) is 31.4 Å². The van der Waals surface area contributed by atoms with Crippen LogP contribution < -0.4 is 5.56 Å². The van der Waals surface area contributed by atoms with Crippen molar-refractivity contribution in [3.63, 3.8) is 0 Å². The number of amides is 1. The van der Waals surface area contributed by atoms with Crippen molar-refractivity contribution in [2.24, 2.45) is 0 Å². The van der Waals surface area contributed by atoms with E-state index < -0.39 is 0 Å².